The fraction of sp³-hybridized carbons (Fsp3) is 0.182. The van der Waals surface area contributed by atoms with E-state index in [-0.39, 0.29) is 0 Å². The molecule has 1 aromatic carbocycles. The van der Waals surface area contributed by atoms with Crippen molar-refractivity contribution in [3.63, 3.8) is 0 Å². The number of nitrogens with two attached hydrogens (primary N) is 1. The maximum Gasteiger partial charge on any atom is 0.105 e. The van der Waals surface area contributed by atoms with Crippen LogP contribution in [0.2, 0.25) is 0 Å². The fourth-order valence-corrected chi connectivity index (χ4v) is 1.21. The highest BCUT2D eigenvalue weighted by molar-refractivity contribution is 7.80. The third kappa shape index (κ3) is 2.84. The van der Waals surface area contributed by atoms with Crippen LogP contribution in [-0.4, -0.2) is 18.6 Å². The first-order chi connectivity index (χ1) is 6.75. The standard InChI is InChI=1S/C11H12N2S/c1-13-8-4-6-9-5-2-3-7-10(9)11(12)14/h2-3,5,7,13H,8H2,1H3,(H2,12,14). The van der Waals surface area contributed by atoms with Crippen molar-refractivity contribution in [1.29, 1.82) is 0 Å². The molecule has 0 saturated heterocycles. The van der Waals surface area contributed by atoms with Crippen LogP contribution in [0.25, 0.3) is 0 Å². The summed E-state index contributed by atoms with van der Waals surface area (Å²) in [6.45, 7) is 0.658. The molecule has 0 aliphatic carbocycles. The van der Waals surface area contributed by atoms with E-state index in [0.29, 0.717) is 11.5 Å². The molecule has 0 spiro atoms. The average Bonchev–Trinajstić information content (AvgIpc) is 2.19. The minimum atomic E-state index is 0.388. The molecule has 0 aliphatic heterocycles. The van der Waals surface area contributed by atoms with Gasteiger partial charge in [-0.2, -0.15) is 0 Å². The van der Waals surface area contributed by atoms with Crippen molar-refractivity contribution in [3.05, 3.63) is 35.4 Å². The summed E-state index contributed by atoms with van der Waals surface area (Å²) < 4.78 is 0. The van der Waals surface area contributed by atoms with Crippen molar-refractivity contribution in [2.45, 2.75) is 0 Å². The van der Waals surface area contributed by atoms with E-state index in [1.165, 1.54) is 0 Å². The topological polar surface area (TPSA) is 38.0 Å². The van der Waals surface area contributed by atoms with Gasteiger partial charge in [-0.15, -0.1) is 0 Å². The number of hydrogen-bond donors (Lipinski definition) is 2. The smallest absolute Gasteiger partial charge is 0.105 e. The fourth-order valence-electron chi connectivity index (χ4n) is 1.03. The lowest BCUT2D eigenvalue weighted by atomic mass is 10.1. The van der Waals surface area contributed by atoms with Gasteiger partial charge >= 0.3 is 0 Å². The van der Waals surface area contributed by atoms with Crippen molar-refractivity contribution in [2.75, 3.05) is 13.6 Å². The van der Waals surface area contributed by atoms with Gasteiger partial charge < -0.3 is 11.1 Å². The summed E-state index contributed by atoms with van der Waals surface area (Å²) >= 11 is 4.92. The summed E-state index contributed by atoms with van der Waals surface area (Å²) in [5, 5.41) is 2.95. The third-order valence-corrected chi connectivity index (χ3v) is 1.90. The normalized spacial score (nSPS) is 8.93. The quantitative estimate of drug-likeness (QED) is 0.555. The van der Waals surface area contributed by atoms with E-state index in [9.17, 15) is 0 Å². The van der Waals surface area contributed by atoms with Crippen molar-refractivity contribution >= 4 is 17.2 Å². The lowest BCUT2D eigenvalue weighted by molar-refractivity contribution is 0.938. The van der Waals surface area contributed by atoms with E-state index in [1.54, 1.807) is 0 Å². The number of hydrogen-bond acceptors (Lipinski definition) is 2. The second-order valence-corrected chi connectivity index (χ2v) is 3.18. The van der Waals surface area contributed by atoms with Gasteiger partial charge in [-0.3, -0.25) is 0 Å². The van der Waals surface area contributed by atoms with Crippen molar-refractivity contribution < 1.29 is 0 Å². The molecule has 0 radical (unpaired) electrons. The molecule has 0 saturated carbocycles. The Bertz CT molecular complexity index is 388. The van der Waals surface area contributed by atoms with Gasteiger partial charge in [0.05, 0.1) is 6.54 Å². The third-order valence-electron chi connectivity index (χ3n) is 1.68. The molecular weight excluding hydrogens is 192 g/mol. The van der Waals surface area contributed by atoms with Crippen LogP contribution in [0.4, 0.5) is 0 Å². The Morgan fingerprint density at radius 3 is 2.86 bits per heavy atom. The van der Waals surface area contributed by atoms with Crippen LogP contribution in [0.15, 0.2) is 24.3 Å². The molecule has 3 heteroatoms. The van der Waals surface area contributed by atoms with E-state index >= 15 is 0 Å². The van der Waals surface area contributed by atoms with Crippen LogP contribution in [-0.2, 0) is 0 Å². The summed E-state index contributed by atoms with van der Waals surface area (Å²) in [5.74, 6) is 5.99. The minimum Gasteiger partial charge on any atom is -0.389 e. The molecule has 0 heterocycles. The van der Waals surface area contributed by atoms with Crippen LogP contribution in [0, 0.1) is 11.8 Å². The molecule has 0 aliphatic rings. The van der Waals surface area contributed by atoms with Crippen LogP contribution >= 0.6 is 12.2 Å². The maximum atomic E-state index is 5.57. The SMILES string of the molecule is CNCC#Cc1ccccc1C(N)=S. The predicted octanol–water partition coefficient (Wildman–Crippen LogP) is 0.892. The Hall–Kier alpha value is -1.37. The summed E-state index contributed by atoms with van der Waals surface area (Å²) in [6, 6.07) is 7.62. The first kappa shape index (κ1) is 10.7. The van der Waals surface area contributed by atoms with Gasteiger partial charge in [0.15, 0.2) is 0 Å². The number of thiocarbonyl (C=S) groups is 1. The van der Waals surface area contributed by atoms with E-state index in [2.05, 4.69) is 17.2 Å². The Morgan fingerprint density at radius 2 is 2.21 bits per heavy atom. The van der Waals surface area contributed by atoms with Crippen molar-refractivity contribution in [3.8, 4) is 11.8 Å². The summed E-state index contributed by atoms with van der Waals surface area (Å²) in [7, 11) is 1.86. The largest absolute Gasteiger partial charge is 0.389 e. The molecule has 0 amide bonds. The Labute approximate surface area is 89.5 Å². The average molecular weight is 204 g/mol. The number of benzene rings is 1. The molecule has 0 fully saturated rings. The first-order valence-corrected chi connectivity index (χ1v) is 4.69. The predicted molar refractivity (Wildman–Crippen MR) is 63.1 cm³/mol. The number of rotatable bonds is 2. The Balaban J connectivity index is 2.97. The van der Waals surface area contributed by atoms with Crippen molar-refractivity contribution in [1.82, 2.24) is 5.32 Å². The molecule has 1 aromatic rings. The Kier molecular flexibility index (Phi) is 4.11. The lowest BCUT2D eigenvalue weighted by Gasteiger charge is -2.00. The molecule has 0 aromatic heterocycles. The molecule has 0 atom stereocenters. The van der Waals surface area contributed by atoms with Gasteiger partial charge in [0.1, 0.15) is 4.99 Å². The summed E-state index contributed by atoms with van der Waals surface area (Å²) in [6.07, 6.45) is 0. The lowest BCUT2D eigenvalue weighted by Crippen LogP contribution is -2.11. The van der Waals surface area contributed by atoms with Crippen LogP contribution in [0.1, 0.15) is 11.1 Å². The van der Waals surface area contributed by atoms with Crippen LogP contribution in [0.5, 0.6) is 0 Å². The van der Waals surface area contributed by atoms with Gasteiger partial charge in [-0.25, -0.2) is 0 Å². The molecule has 14 heavy (non-hydrogen) atoms. The summed E-state index contributed by atoms with van der Waals surface area (Å²) in [5.41, 5.74) is 7.29. The van der Waals surface area contributed by atoms with Crippen LogP contribution < -0.4 is 11.1 Å². The highest BCUT2D eigenvalue weighted by atomic mass is 32.1. The molecule has 3 N–H and O–H groups in total. The molecular formula is C11H12N2S. The Morgan fingerprint density at radius 1 is 1.50 bits per heavy atom. The zero-order valence-corrected chi connectivity index (χ0v) is 8.82. The van der Waals surface area contributed by atoms with E-state index in [0.717, 1.165) is 11.1 Å². The number of nitrogens with one attached hydrogen (secondary N) is 1. The van der Waals surface area contributed by atoms with E-state index < -0.39 is 0 Å². The van der Waals surface area contributed by atoms with E-state index in [1.807, 2.05) is 31.3 Å². The first-order valence-electron chi connectivity index (χ1n) is 4.28. The molecule has 0 unspecified atom stereocenters. The molecule has 1 rings (SSSR count). The van der Waals surface area contributed by atoms with Gasteiger partial charge in [0, 0.05) is 11.1 Å². The van der Waals surface area contributed by atoms with Gasteiger partial charge in [0.2, 0.25) is 0 Å². The van der Waals surface area contributed by atoms with Crippen molar-refractivity contribution in [2.24, 2.45) is 5.73 Å². The minimum absolute atomic E-state index is 0.388. The maximum absolute atomic E-state index is 5.57. The zero-order valence-electron chi connectivity index (χ0n) is 8.00. The molecule has 2 nitrogen and oxygen atoms in total. The highest BCUT2D eigenvalue weighted by Crippen LogP contribution is 2.06. The second kappa shape index (κ2) is 5.38. The molecule has 0 bridgehead atoms. The van der Waals surface area contributed by atoms with Gasteiger partial charge in [0.25, 0.3) is 0 Å². The highest BCUT2D eigenvalue weighted by Gasteiger charge is 1.99. The zero-order chi connectivity index (χ0) is 10.4. The van der Waals surface area contributed by atoms with E-state index in [4.69, 9.17) is 18.0 Å². The second-order valence-electron chi connectivity index (χ2n) is 2.74. The summed E-state index contributed by atoms with van der Waals surface area (Å²) in [4.78, 5) is 0.388. The van der Waals surface area contributed by atoms with Gasteiger partial charge in [-0.05, 0) is 13.1 Å². The monoisotopic (exact) mass is 204 g/mol. The van der Waals surface area contributed by atoms with Crippen LogP contribution in [0.3, 0.4) is 0 Å². The van der Waals surface area contributed by atoms with Gasteiger partial charge in [-0.1, -0.05) is 42.3 Å². The molecule has 72 valence electrons.